The van der Waals surface area contributed by atoms with Crippen LogP contribution in [0.1, 0.15) is 75.1 Å². The van der Waals surface area contributed by atoms with E-state index in [1.54, 1.807) is 14.2 Å². The molecule has 0 bridgehead atoms. The summed E-state index contributed by atoms with van der Waals surface area (Å²) < 4.78 is 11.2. The minimum absolute atomic E-state index is 0.0272. The lowest BCUT2D eigenvalue weighted by atomic mass is 9.77. The molecule has 2 aliphatic carbocycles. The highest BCUT2D eigenvalue weighted by Crippen LogP contribution is 2.50. The second-order valence-electron chi connectivity index (χ2n) is 12.4. The topological polar surface area (TPSA) is 67.9 Å². The summed E-state index contributed by atoms with van der Waals surface area (Å²) in [5.41, 5.74) is 6.48. The van der Waals surface area contributed by atoms with E-state index in [9.17, 15) is 9.59 Å². The van der Waals surface area contributed by atoms with Crippen LogP contribution in [0.3, 0.4) is 0 Å². The lowest BCUT2D eigenvalue weighted by Gasteiger charge is -2.35. The molecule has 0 aromatic heterocycles. The van der Waals surface area contributed by atoms with Crippen molar-refractivity contribution in [3.8, 4) is 11.5 Å². The van der Waals surface area contributed by atoms with Gasteiger partial charge in [0.2, 0.25) is 5.91 Å². The number of rotatable bonds is 5. The van der Waals surface area contributed by atoms with Crippen molar-refractivity contribution in [3.63, 3.8) is 0 Å². The van der Waals surface area contributed by atoms with Crippen LogP contribution >= 0.6 is 0 Å². The third kappa shape index (κ3) is 5.01. The molecule has 1 fully saturated rings. The van der Waals surface area contributed by atoms with Gasteiger partial charge in [0.1, 0.15) is 0 Å². The molecule has 6 nitrogen and oxygen atoms in total. The van der Waals surface area contributed by atoms with Gasteiger partial charge in [-0.3, -0.25) is 14.5 Å². The molecule has 6 heteroatoms. The highest BCUT2D eigenvalue weighted by molar-refractivity contribution is 6.07. The Morgan fingerprint density at radius 3 is 2.22 bits per heavy atom. The molecule has 1 amide bonds. The molecular formula is C35H38N2O4. The number of benzene rings is 3. The lowest BCUT2D eigenvalue weighted by Crippen LogP contribution is -2.39. The van der Waals surface area contributed by atoms with Gasteiger partial charge in [-0.25, -0.2) is 0 Å². The van der Waals surface area contributed by atoms with E-state index in [0.717, 1.165) is 41.0 Å². The van der Waals surface area contributed by atoms with E-state index < -0.39 is 6.04 Å². The summed E-state index contributed by atoms with van der Waals surface area (Å²) in [6.45, 7) is 6.62. The molecule has 1 aliphatic heterocycles. The van der Waals surface area contributed by atoms with Crippen molar-refractivity contribution in [3.05, 3.63) is 94.7 Å². The van der Waals surface area contributed by atoms with Crippen LogP contribution < -0.4 is 19.7 Å². The van der Waals surface area contributed by atoms with Gasteiger partial charge < -0.3 is 14.8 Å². The van der Waals surface area contributed by atoms with Gasteiger partial charge in [-0.05, 0) is 71.6 Å². The third-order valence-electron chi connectivity index (χ3n) is 8.62. The van der Waals surface area contributed by atoms with Crippen molar-refractivity contribution in [2.24, 2.45) is 5.92 Å². The molecule has 0 radical (unpaired) electrons. The Bertz CT molecular complexity index is 1530. The van der Waals surface area contributed by atoms with Crippen molar-refractivity contribution in [1.29, 1.82) is 0 Å². The normalized spacial score (nSPS) is 20.5. The number of fused-ring (bicyclic) bond motifs is 1. The van der Waals surface area contributed by atoms with Crippen LogP contribution in [-0.2, 0) is 15.0 Å². The zero-order valence-electron chi connectivity index (χ0n) is 24.5. The molecule has 3 aliphatic rings. The Labute approximate surface area is 242 Å². The number of anilines is 2. The predicted molar refractivity (Wildman–Crippen MR) is 162 cm³/mol. The highest BCUT2D eigenvalue weighted by Gasteiger charge is 2.45. The van der Waals surface area contributed by atoms with Crippen molar-refractivity contribution in [2.45, 2.75) is 63.8 Å². The van der Waals surface area contributed by atoms with Gasteiger partial charge in [-0.2, -0.15) is 0 Å². The van der Waals surface area contributed by atoms with Gasteiger partial charge in [0.15, 0.2) is 17.3 Å². The van der Waals surface area contributed by atoms with Crippen molar-refractivity contribution < 1.29 is 19.1 Å². The standard InChI is InChI=1S/C35H38N2O4/c1-35(2,3)25-15-12-21(13-16-25)24-18-27-32(29(38)19-24)33(23-14-17-30(40-4)31(20-23)41-5)37(34(39)22-10-11-22)28-9-7-6-8-26(28)36-27/h6-9,12-17,20,22,24,33,36H,10-11,18-19H2,1-5H3. The number of hydrogen-bond donors (Lipinski definition) is 1. The van der Waals surface area contributed by atoms with Crippen molar-refractivity contribution >= 4 is 23.1 Å². The Balaban J connectivity index is 1.50. The monoisotopic (exact) mass is 550 g/mol. The third-order valence-corrected chi connectivity index (χ3v) is 8.62. The molecule has 2 unspecified atom stereocenters. The second kappa shape index (κ2) is 10.4. The van der Waals surface area contributed by atoms with E-state index in [2.05, 4.69) is 50.4 Å². The Morgan fingerprint density at radius 2 is 1.56 bits per heavy atom. The molecule has 0 saturated heterocycles. The summed E-state index contributed by atoms with van der Waals surface area (Å²) in [5, 5.41) is 3.63. The van der Waals surface area contributed by atoms with E-state index in [-0.39, 0.29) is 28.9 Å². The molecule has 1 N–H and O–H groups in total. The van der Waals surface area contributed by atoms with Gasteiger partial charge in [0, 0.05) is 23.6 Å². The predicted octanol–water partition coefficient (Wildman–Crippen LogP) is 7.31. The fourth-order valence-corrected chi connectivity index (χ4v) is 6.19. The van der Waals surface area contributed by atoms with Crippen LogP contribution in [0.5, 0.6) is 11.5 Å². The average Bonchev–Trinajstić information content (AvgIpc) is 3.82. The second-order valence-corrected chi connectivity index (χ2v) is 12.4. The number of nitrogens with zero attached hydrogens (tertiary/aromatic N) is 1. The molecular weight excluding hydrogens is 512 g/mol. The van der Waals surface area contributed by atoms with Gasteiger partial charge in [0.25, 0.3) is 0 Å². The number of ether oxygens (including phenoxy) is 2. The number of amides is 1. The molecule has 3 aromatic rings. The number of carbonyl (C=O) groups excluding carboxylic acids is 2. The summed E-state index contributed by atoms with van der Waals surface area (Å²) in [7, 11) is 3.20. The number of nitrogens with one attached hydrogen (secondary N) is 1. The Kier molecular flexibility index (Phi) is 6.88. The number of para-hydroxylation sites is 2. The quantitative estimate of drug-likeness (QED) is 0.361. The van der Waals surface area contributed by atoms with Crippen LogP contribution in [0, 0.1) is 5.92 Å². The molecule has 6 rings (SSSR count). The first kappa shape index (κ1) is 27.1. The molecule has 0 spiro atoms. The summed E-state index contributed by atoms with van der Waals surface area (Å²) in [4.78, 5) is 30.2. The fraction of sp³-hybridized carbons (Fsp3) is 0.371. The zero-order chi connectivity index (χ0) is 28.9. The Morgan fingerprint density at radius 1 is 0.878 bits per heavy atom. The zero-order valence-corrected chi connectivity index (χ0v) is 24.5. The number of carbonyl (C=O) groups is 2. The molecule has 3 aromatic carbocycles. The van der Waals surface area contributed by atoms with Gasteiger partial charge >= 0.3 is 0 Å². The van der Waals surface area contributed by atoms with Crippen LogP contribution in [0.25, 0.3) is 0 Å². The van der Waals surface area contributed by atoms with Crippen molar-refractivity contribution in [2.75, 3.05) is 24.4 Å². The first-order valence-corrected chi connectivity index (χ1v) is 14.5. The molecule has 41 heavy (non-hydrogen) atoms. The summed E-state index contributed by atoms with van der Waals surface area (Å²) >= 11 is 0. The largest absolute Gasteiger partial charge is 0.493 e. The first-order valence-electron chi connectivity index (χ1n) is 14.5. The molecule has 1 saturated carbocycles. The Hall–Kier alpha value is -4.06. The fourth-order valence-electron chi connectivity index (χ4n) is 6.19. The highest BCUT2D eigenvalue weighted by atomic mass is 16.5. The van der Waals surface area contributed by atoms with E-state index in [4.69, 9.17) is 9.47 Å². The lowest BCUT2D eigenvalue weighted by molar-refractivity contribution is -0.120. The smallest absolute Gasteiger partial charge is 0.231 e. The van der Waals surface area contributed by atoms with Crippen LogP contribution in [0.15, 0.2) is 78.0 Å². The SMILES string of the molecule is COc1ccc(C2C3=C(CC(c4ccc(C(C)(C)C)cc4)CC3=O)Nc3ccccc3N2C(=O)C2CC2)cc1OC. The maximum Gasteiger partial charge on any atom is 0.231 e. The van der Waals surface area contributed by atoms with Gasteiger partial charge in [-0.15, -0.1) is 0 Å². The molecule has 1 heterocycles. The maximum absolute atomic E-state index is 14.3. The summed E-state index contributed by atoms with van der Waals surface area (Å²) in [6.07, 6.45) is 2.81. The van der Waals surface area contributed by atoms with Gasteiger partial charge in [0.05, 0.1) is 31.6 Å². The van der Waals surface area contributed by atoms with E-state index in [1.807, 2.05) is 47.4 Å². The van der Waals surface area contributed by atoms with Crippen LogP contribution in [-0.4, -0.2) is 25.9 Å². The molecule has 212 valence electrons. The summed E-state index contributed by atoms with van der Waals surface area (Å²) in [6, 6.07) is 21.7. The minimum Gasteiger partial charge on any atom is -0.493 e. The number of allylic oxidation sites excluding steroid dienone is 1. The van der Waals surface area contributed by atoms with Crippen LogP contribution in [0.4, 0.5) is 11.4 Å². The van der Waals surface area contributed by atoms with E-state index in [0.29, 0.717) is 29.9 Å². The van der Waals surface area contributed by atoms with E-state index >= 15 is 0 Å². The summed E-state index contributed by atoms with van der Waals surface area (Å²) in [5.74, 6) is 1.31. The van der Waals surface area contributed by atoms with Crippen LogP contribution in [0.2, 0.25) is 0 Å². The van der Waals surface area contributed by atoms with E-state index in [1.165, 1.54) is 5.56 Å². The first-order chi connectivity index (χ1) is 19.7. The number of ketones is 1. The number of Topliss-reactive ketones (excluding diaryl/α,β-unsaturated/α-hetero) is 1. The van der Waals surface area contributed by atoms with Crippen molar-refractivity contribution in [1.82, 2.24) is 0 Å². The number of methoxy groups -OCH3 is 2. The minimum atomic E-state index is -0.578. The maximum atomic E-state index is 14.3. The number of hydrogen-bond acceptors (Lipinski definition) is 5. The average molecular weight is 551 g/mol. The molecule has 2 atom stereocenters. The van der Waals surface area contributed by atoms with Gasteiger partial charge in [-0.1, -0.05) is 63.2 Å².